The lowest BCUT2D eigenvalue weighted by molar-refractivity contribution is 0.0736. The highest BCUT2D eigenvalue weighted by molar-refractivity contribution is 7.80. The van der Waals surface area contributed by atoms with E-state index in [4.69, 9.17) is 0 Å². The Kier molecular flexibility index (Phi) is 3.28. The second kappa shape index (κ2) is 4.68. The first-order chi connectivity index (χ1) is 7.27. The number of hydrogen-bond acceptors (Lipinski definition) is 3. The van der Waals surface area contributed by atoms with Crippen LogP contribution in [0.25, 0.3) is 0 Å². The highest BCUT2D eigenvalue weighted by Gasteiger charge is 2.17. The first-order valence-electron chi connectivity index (χ1n) is 5.06. The van der Waals surface area contributed by atoms with Crippen LogP contribution < -0.4 is 5.32 Å². The summed E-state index contributed by atoms with van der Waals surface area (Å²) in [6.07, 6.45) is 0. The van der Waals surface area contributed by atoms with Gasteiger partial charge in [0.25, 0.3) is 5.91 Å². The van der Waals surface area contributed by atoms with Gasteiger partial charge >= 0.3 is 0 Å². The van der Waals surface area contributed by atoms with E-state index in [1.807, 2.05) is 29.2 Å². The van der Waals surface area contributed by atoms with Crippen LogP contribution in [0.3, 0.4) is 0 Å². The van der Waals surface area contributed by atoms with E-state index in [1.54, 1.807) is 0 Å². The van der Waals surface area contributed by atoms with Crippen molar-refractivity contribution in [3.63, 3.8) is 0 Å². The van der Waals surface area contributed by atoms with Crippen LogP contribution in [0.1, 0.15) is 10.4 Å². The molecule has 0 bridgehead atoms. The van der Waals surface area contributed by atoms with E-state index in [2.05, 4.69) is 17.9 Å². The van der Waals surface area contributed by atoms with Gasteiger partial charge in [0, 0.05) is 36.6 Å². The zero-order chi connectivity index (χ0) is 10.7. The summed E-state index contributed by atoms with van der Waals surface area (Å²) in [7, 11) is 0. The number of piperazine rings is 1. The van der Waals surface area contributed by atoms with Crippen LogP contribution in [-0.4, -0.2) is 37.0 Å². The highest BCUT2D eigenvalue weighted by atomic mass is 32.1. The molecule has 4 heteroatoms. The van der Waals surface area contributed by atoms with E-state index < -0.39 is 0 Å². The smallest absolute Gasteiger partial charge is 0.253 e. The molecule has 3 nitrogen and oxygen atoms in total. The largest absolute Gasteiger partial charge is 0.336 e. The van der Waals surface area contributed by atoms with E-state index in [-0.39, 0.29) is 5.91 Å². The van der Waals surface area contributed by atoms with Gasteiger partial charge in [0.05, 0.1) is 0 Å². The van der Waals surface area contributed by atoms with Gasteiger partial charge in [-0.3, -0.25) is 4.79 Å². The van der Waals surface area contributed by atoms with Gasteiger partial charge in [-0.2, -0.15) is 0 Å². The van der Waals surface area contributed by atoms with Gasteiger partial charge in [0.15, 0.2) is 0 Å². The molecule has 0 unspecified atom stereocenters. The topological polar surface area (TPSA) is 32.3 Å². The Morgan fingerprint density at radius 2 is 1.80 bits per heavy atom. The van der Waals surface area contributed by atoms with Gasteiger partial charge in [-0.15, -0.1) is 12.6 Å². The third-order valence-corrected chi connectivity index (χ3v) is 2.82. The number of thiol groups is 1. The van der Waals surface area contributed by atoms with Crippen molar-refractivity contribution < 1.29 is 4.79 Å². The Bertz CT molecular complexity index is 344. The Labute approximate surface area is 94.9 Å². The molecular weight excluding hydrogens is 208 g/mol. The molecule has 15 heavy (non-hydrogen) atoms. The van der Waals surface area contributed by atoms with Crippen LogP contribution >= 0.6 is 12.6 Å². The first-order valence-corrected chi connectivity index (χ1v) is 5.51. The number of nitrogens with one attached hydrogen (secondary N) is 1. The van der Waals surface area contributed by atoms with Crippen LogP contribution in [0.15, 0.2) is 29.2 Å². The number of amides is 1. The number of carbonyl (C=O) groups excluding carboxylic acids is 1. The van der Waals surface area contributed by atoms with Crippen LogP contribution in [0.5, 0.6) is 0 Å². The van der Waals surface area contributed by atoms with Crippen molar-refractivity contribution in [3.8, 4) is 0 Å². The van der Waals surface area contributed by atoms with E-state index in [9.17, 15) is 4.79 Å². The van der Waals surface area contributed by atoms with Crippen molar-refractivity contribution in [2.24, 2.45) is 0 Å². The van der Waals surface area contributed by atoms with Crippen molar-refractivity contribution in [1.29, 1.82) is 0 Å². The summed E-state index contributed by atoms with van der Waals surface area (Å²) in [6, 6.07) is 7.34. The normalized spacial score (nSPS) is 16.5. The fourth-order valence-electron chi connectivity index (χ4n) is 1.65. The van der Waals surface area contributed by atoms with Crippen LogP contribution in [-0.2, 0) is 0 Å². The van der Waals surface area contributed by atoms with Crippen LogP contribution in [0.2, 0.25) is 0 Å². The van der Waals surface area contributed by atoms with Crippen molar-refractivity contribution in [3.05, 3.63) is 29.8 Å². The summed E-state index contributed by atoms with van der Waals surface area (Å²) in [5.41, 5.74) is 0.745. The van der Waals surface area contributed by atoms with E-state index in [0.29, 0.717) is 0 Å². The monoisotopic (exact) mass is 222 g/mol. The maximum absolute atomic E-state index is 12.0. The predicted molar refractivity (Wildman–Crippen MR) is 62.5 cm³/mol. The molecule has 0 spiro atoms. The molecule has 0 aliphatic carbocycles. The fraction of sp³-hybridized carbons (Fsp3) is 0.364. The molecule has 1 saturated heterocycles. The third kappa shape index (κ3) is 2.52. The Morgan fingerprint density at radius 3 is 2.40 bits per heavy atom. The van der Waals surface area contributed by atoms with E-state index in [0.717, 1.165) is 36.6 Å². The molecule has 1 fully saturated rings. The fourth-order valence-corrected chi connectivity index (χ4v) is 1.80. The standard InChI is InChI=1S/C11H14N2OS/c14-11(13-7-5-12-6-8-13)9-1-3-10(15)4-2-9/h1-4,12,15H,5-8H2. The lowest BCUT2D eigenvalue weighted by atomic mass is 10.2. The number of carbonyl (C=O) groups is 1. The molecule has 1 heterocycles. The van der Waals surface area contributed by atoms with Gasteiger partial charge in [-0.1, -0.05) is 0 Å². The van der Waals surface area contributed by atoms with Crippen LogP contribution in [0.4, 0.5) is 0 Å². The number of rotatable bonds is 1. The molecule has 0 aromatic heterocycles. The molecule has 2 rings (SSSR count). The molecule has 1 aliphatic heterocycles. The zero-order valence-electron chi connectivity index (χ0n) is 8.44. The quantitative estimate of drug-likeness (QED) is 0.695. The minimum absolute atomic E-state index is 0.116. The minimum atomic E-state index is 0.116. The van der Waals surface area contributed by atoms with Gasteiger partial charge in [0.2, 0.25) is 0 Å². The van der Waals surface area contributed by atoms with E-state index in [1.165, 1.54) is 0 Å². The maximum Gasteiger partial charge on any atom is 0.253 e. The minimum Gasteiger partial charge on any atom is -0.336 e. The van der Waals surface area contributed by atoms with Crippen molar-refractivity contribution >= 4 is 18.5 Å². The molecule has 1 amide bonds. The molecule has 1 aliphatic rings. The first kappa shape index (κ1) is 10.5. The molecule has 80 valence electrons. The van der Waals surface area contributed by atoms with Crippen molar-refractivity contribution in [2.45, 2.75) is 4.90 Å². The van der Waals surface area contributed by atoms with Gasteiger partial charge in [0.1, 0.15) is 0 Å². The summed E-state index contributed by atoms with van der Waals surface area (Å²) in [5.74, 6) is 0.116. The summed E-state index contributed by atoms with van der Waals surface area (Å²) in [5, 5.41) is 3.22. The highest BCUT2D eigenvalue weighted by Crippen LogP contribution is 2.10. The Hall–Kier alpha value is -1.00. The zero-order valence-corrected chi connectivity index (χ0v) is 9.33. The van der Waals surface area contributed by atoms with Gasteiger partial charge in [-0.25, -0.2) is 0 Å². The summed E-state index contributed by atoms with van der Waals surface area (Å²) in [4.78, 5) is 14.7. The molecule has 0 radical (unpaired) electrons. The van der Waals surface area contributed by atoms with Crippen molar-refractivity contribution in [1.82, 2.24) is 10.2 Å². The molecule has 1 aromatic rings. The Balaban J connectivity index is 2.09. The molecule has 0 atom stereocenters. The SMILES string of the molecule is O=C(c1ccc(S)cc1)N1CCNCC1. The van der Waals surface area contributed by atoms with E-state index >= 15 is 0 Å². The molecular formula is C11H14N2OS. The Morgan fingerprint density at radius 1 is 1.20 bits per heavy atom. The average Bonchev–Trinajstić information content (AvgIpc) is 2.30. The summed E-state index contributed by atoms with van der Waals surface area (Å²) >= 11 is 4.19. The maximum atomic E-state index is 12.0. The average molecular weight is 222 g/mol. The molecule has 1 aromatic carbocycles. The summed E-state index contributed by atoms with van der Waals surface area (Å²) < 4.78 is 0. The second-order valence-corrected chi connectivity index (χ2v) is 4.11. The summed E-state index contributed by atoms with van der Waals surface area (Å²) in [6.45, 7) is 3.36. The molecule has 1 N–H and O–H groups in total. The number of nitrogens with zero attached hydrogens (tertiary/aromatic N) is 1. The van der Waals surface area contributed by atoms with Gasteiger partial charge < -0.3 is 10.2 Å². The number of hydrogen-bond donors (Lipinski definition) is 2. The second-order valence-electron chi connectivity index (χ2n) is 3.59. The van der Waals surface area contributed by atoms with Crippen molar-refractivity contribution in [2.75, 3.05) is 26.2 Å². The van der Waals surface area contributed by atoms with Gasteiger partial charge in [-0.05, 0) is 24.3 Å². The lowest BCUT2D eigenvalue weighted by Gasteiger charge is -2.27. The lowest BCUT2D eigenvalue weighted by Crippen LogP contribution is -2.46. The third-order valence-electron chi connectivity index (χ3n) is 2.52. The molecule has 0 saturated carbocycles. The number of benzene rings is 1. The van der Waals surface area contributed by atoms with Crippen LogP contribution in [0, 0.1) is 0 Å². The predicted octanol–water partition coefficient (Wildman–Crippen LogP) is 1.02.